The summed E-state index contributed by atoms with van der Waals surface area (Å²) in [5.41, 5.74) is -0.0445. The van der Waals surface area contributed by atoms with Crippen molar-refractivity contribution in [1.29, 1.82) is 0 Å². The minimum absolute atomic E-state index is 0.0445. The van der Waals surface area contributed by atoms with Gasteiger partial charge in [0.2, 0.25) is 17.7 Å². The molecule has 2 aliphatic rings. The minimum atomic E-state index is -1.00. The van der Waals surface area contributed by atoms with E-state index in [0.29, 0.717) is 12.2 Å². The molecule has 4 atom stereocenters. The summed E-state index contributed by atoms with van der Waals surface area (Å²) >= 11 is 0. The molecule has 2 aliphatic heterocycles. The first kappa shape index (κ1) is 29.8. The van der Waals surface area contributed by atoms with Crippen LogP contribution in [0.3, 0.4) is 0 Å². The lowest BCUT2D eigenvalue weighted by Gasteiger charge is -2.27. The molecule has 4 amide bonds. The number of allylic oxidation sites excluding steroid dienone is 2. The van der Waals surface area contributed by atoms with Gasteiger partial charge in [-0.25, -0.2) is 4.79 Å². The van der Waals surface area contributed by atoms with Crippen molar-refractivity contribution in [2.24, 2.45) is 11.8 Å². The molecule has 0 aromatic carbocycles. The topological polar surface area (TPSA) is 143 Å². The summed E-state index contributed by atoms with van der Waals surface area (Å²) in [6.45, 7) is 8.66. The molecule has 0 aliphatic carbocycles. The lowest BCUT2D eigenvalue weighted by atomic mass is 10.0. The van der Waals surface area contributed by atoms with Crippen molar-refractivity contribution in [3.05, 3.63) is 23.9 Å². The van der Waals surface area contributed by atoms with Crippen molar-refractivity contribution in [2.45, 2.75) is 71.7 Å². The third kappa shape index (κ3) is 8.88. The SMILES string of the molecule is C/C=C1\NC(=O)[C@H]2CSSCC/C=C\[C@@H](CC(=O)N[C@@H](C(C)C)C(=O)N2)OC(=O)[C@H](C(C)C)NC1=O. The molecule has 2 bridgehead atoms. The molecule has 0 aromatic heterocycles. The van der Waals surface area contributed by atoms with Crippen molar-refractivity contribution in [1.82, 2.24) is 21.3 Å². The van der Waals surface area contributed by atoms with E-state index in [2.05, 4.69) is 21.3 Å². The highest BCUT2D eigenvalue weighted by atomic mass is 33.1. The van der Waals surface area contributed by atoms with Gasteiger partial charge < -0.3 is 26.0 Å². The van der Waals surface area contributed by atoms with Gasteiger partial charge >= 0.3 is 5.97 Å². The highest BCUT2D eigenvalue weighted by molar-refractivity contribution is 8.76. The molecule has 2 heterocycles. The van der Waals surface area contributed by atoms with Crippen LogP contribution in [0, 0.1) is 11.8 Å². The summed E-state index contributed by atoms with van der Waals surface area (Å²) in [6, 6.07) is -2.86. The third-order valence-corrected chi connectivity index (χ3v) is 8.03. The first-order valence-corrected chi connectivity index (χ1v) is 14.5. The van der Waals surface area contributed by atoms with Crippen LogP contribution in [-0.2, 0) is 28.7 Å². The van der Waals surface area contributed by atoms with Crippen LogP contribution in [-0.4, -0.2) is 65.3 Å². The number of esters is 1. The smallest absolute Gasteiger partial charge is 0.329 e. The Bertz CT molecular complexity index is 905. The van der Waals surface area contributed by atoms with Crippen molar-refractivity contribution < 1.29 is 28.7 Å². The van der Waals surface area contributed by atoms with Gasteiger partial charge in [-0.3, -0.25) is 19.2 Å². The van der Waals surface area contributed by atoms with E-state index < -0.39 is 53.8 Å². The highest BCUT2D eigenvalue weighted by Gasteiger charge is 2.33. The van der Waals surface area contributed by atoms with Crippen LogP contribution >= 0.6 is 21.6 Å². The average molecular weight is 541 g/mol. The van der Waals surface area contributed by atoms with Crippen molar-refractivity contribution >= 4 is 51.2 Å². The van der Waals surface area contributed by atoms with E-state index in [-0.39, 0.29) is 29.7 Å². The lowest BCUT2D eigenvalue weighted by molar-refractivity contribution is -0.153. The summed E-state index contributed by atoms with van der Waals surface area (Å²) in [7, 11) is 2.95. The van der Waals surface area contributed by atoms with Gasteiger partial charge in [-0.2, -0.15) is 0 Å². The summed E-state index contributed by atoms with van der Waals surface area (Å²) in [5, 5.41) is 10.7. The second-order valence-corrected chi connectivity index (χ2v) is 11.9. The second kappa shape index (κ2) is 14.3. The highest BCUT2D eigenvalue weighted by Crippen LogP contribution is 2.24. The van der Waals surface area contributed by atoms with Crippen LogP contribution in [0.2, 0.25) is 0 Å². The molecule has 0 aromatic rings. The Morgan fingerprint density at radius 3 is 2.28 bits per heavy atom. The van der Waals surface area contributed by atoms with Crippen molar-refractivity contribution in [3.63, 3.8) is 0 Å². The Hall–Kier alpha value is -2.47. The van der Waals surface area contributed by atoms with E-state index in [1.54, 1.807) is 40.7 Å². The van der Waals surface area contributed by atoms with Crippen LogP contribution in [0.1, 0.15) is 47.5 Å². The first-order valence-electron chi connectivity index (χ1n) is 12.0. The number of amides is 4. The maximum atomic E-state index is 13.2. The van der Waals surface area contributed by atoms with Gasteiger partial charge in [0.1, 0.15) is 29.9 Å². The zero-order valence-electron chi connectivity index (χ0n) is 21.3. The monoisotopic (exact) mass is 540 g/mol. The standard InChI is InChI=1S/C24H36N4O6S2/c1-6-16-21(30)28-20(14(4)5)24(33)34-15-9-7-8-10-35-36-12-17(22(31)25-16)26-23(32)19(13(2)3)27-18(29)11-15/h6-7,9,13-15,17,19-20H,8,10-12H2,1-5H3,(H,25,31)(H,26,32)(H,27,29)(H,28,30)/b9-7-,16-6-/t15-,17+,19-,20-/m0/s1. The molecule has 0 saturated carbocycles. The molecular weight excluding hydrogens is 504 g/mol. The fourth-order valence-electron chi connectivity index (χ4n) is 3.50. The predicted molar refractivity (Wildman–Crippen MR) is 141 cm³/mol. The van der Waals surface area contributed by atoms with Crippen molar-refractivity contribution in [2.75, 3.05) is 11.5 Å². The van der Waals surface area contributed by atoms with Crippen LogP contribution in [0.25, 0.3) is 0 Å². The van der Waals surface area contributed by atoms with E-state index in [9.17, 15) is 24.0 Å². The maximum Gasteiger partial charge on any atom is 0.329 e. The Morgan fingerprint density at radius 2 is 1.64 bits per heavy atom. The third-order valence-electron chi connectivity index (χ3n) is 5.59. The second-order valence-electron chi connectivity index (χ2n) is 9.24. The average Bonchev–Trinajstić information content (AvgIpc) is 2.81. The van der Waals surface area contributed by atoms with E-state index in [4.69, 9.17) is 4.74 Å². The van der Waals surface area contributed by atoms with Gasteiger partial charge in [-0.05, 0) is 31.3 Å². The minimum Gasteiger partial charge on any atom is -0.456 e. The van der Waals surface area contributed by atoms with Gasteiger partial charge in [-0.1, -0.05) is 61.4 Å². The van der Waals surface area contributed by atoms with Gasteiger partial charge in [0.05, 0.1) is 6.42 Å². The Kier molecular flexibility index (Phi) is 11.8. The molecule has 0 spiro atoms. The van der Waals surface area contributed by atoms with Crippen LogP contribution < -0.4 is 21.3 Å². The number of fused-ring (bicyclic) bond motifs is 7. The van der Waals surface area contributed by atoms with E-state index in [1.807, 2.05) is 6.08 Å². The van der Waals surface area contributed by atoms with Crippen LogP contribution in [0.15, 0.2) is 23.9 Å². The van der Waals surface area contributed by atoms with Crippen molar-refractivity contribution in [3.8, 4) is 0 Å². The van der Waals surface area contributed by atoms with Crippen LogP contribution in [0.4, 0.5) is 0 Å². The summed E-state index contributed by atoms with van der Waals surface area (Å²) in [5.74, 6) is -2.54. The zero-order chi connectivity index (χ0) is 26.8. The number of carbonyl (C=O) groups is 5. The fraction of sp³-hybridized carbons (Fsp3) is 0.625. The molecule has 4 N–H and O–H groups in total. The Labute approximate surface area is 220 Å². The van der Waals surface area contributed by atoms with Gasteiger partial charge in [0, 0.05) is 11.5 Å². The number of hydrogen-bond donors (Lipinski definition) is 4. The molecule has 2 rings (SSSR count). The van der Waals surface area contributed by atoms with E-state index in [1.165, 1.54) is 27.7 Å². The molecule has 200 valence electrons. The number of carbonyl (C=O) groups excluding carboxylic acids is 5. The van der Waals surface area contributed by atoms with Gasteiger partial charge in [-0.15, -0.1) is 0 Å². The molecule has 36 heavy (non-hydrogen) atoms. The Morgan fingerprint density at radius 1 is 0.944 bits per heavy atom. The zero-order valence-corrected chi connectivity index (χ0v) is 22.9. The molecule has 10 nitrogen and oxygen atoms in total. The molecule has 0 radical (unpaired) electrons. The van der Waals surface area contributed by atoms with Gasteiger partial charge in [0.15, 0.2) is 0 Å². The number of rotatable bonds is 2. The number of ether oxygens (including phenoxy) is 1. The van der Waals surface area contributed by atoms with E-state index in [0.717, 1.165) is 0 Å². The predicted octanol–water partition coefficient (Wildman–Crippen LogP) is 1.43. The molecular formula is C24H36N4O6S2. The quantitative estimate of drug-likeness (QED) is 0.178. The largest absolute Gasteiger partial charge is 0.456 e. The maximum absolute atomic E-state index is 13.2. The molecule has 1 saturated heterocycles. The molecule has 1 fully saturated rings. The van der Waals surface area contributed by atoms with E-state index >= 15 is 0 Å². The van der Waals surface area contributed by atoms with Crippen LogP contribution in [0.5, 0.6) is 0 Å². The number of nitrogens with one attached hydrogen (secondary N) is 4. The number of hydrogen-bond acceptors (Lipinski definition) is 8. The Balaban J connectivity index is 2.55. The first-order chi connectivity index (χ1) is 17.0. The van der Waals surface area contributed by atoms with Gasteiger partial charge in [0.25, 0.3) is 5.91 Å². The molecule has 0 unspecified atom stereocenters. The fourth-order valence-corrected chi connectivity index (χ4v) is 5.66. The summed E-state index contributed by atoms with van der Waals surface area (Å²) in [6.07, 6.45) is 4.51. The summed E-state index contributed by atoms with van der Waals surface area (Å²) in [4.78, 5) is 65.2. The molecule has 12 heteroatoms. The lowest BCUT2D eigenvalue weighted by Crippen LogP contribution is -2.57. The summed E-state index contributed by atoms with van der Waals surface area (Å²) < 4.78 is 5.65. The normalized spacial score (nSPS) is 29.6.